The molecule has 0 amide bonds. The molecular formula is C23H30N6O5S. The maximum atomic E-state index is 13.5. The van der Waals surface area contributed by atoms with Crippen molar-refractivity contribution < 1.29 is 23.1 Å². The van der Waals surface area contributed by atoms with Crippen LogP contribution < -0.4 is 9.80 Å². The van der Waals surface area contributed by atoms with Crippen LogP contribution in [0.15, 0.2) is 47.5 Å². The monoisotopic (exact) mass is 502 g/mol. The standard InChI is InChI=1S/C22H28N6O3S.CH2O2/c1-25-10-12-26(13-11-25)21-7-6-17-15-23-28(22(17)24-21)32(29,30)20-5-3-4-18(14-20)27-9-8-19(16-27)31-2;2-1-3/h3-7,14-15,19H,8-13,16H2,1-2H3;1H,(H,2,3). The number of hydrogen-bond donors (Lipinski definition) is 1. The molecule has 1 unspecified atom stereocenters. The minimum atomic E-state index is -3.89. The molecule has 0 bridgehead atoms. The first kappa shape index (κ1) is 24.9. The predicted octanol–water partition coefficient (Wildman–Crippen LogP) is 1.35. The van der Waals surface area contributed by atoms with Crippen LogP contribution in [-0.2, 0) is 19.6 Å². The molecule has 35 heavy (non-hydrogen) atoms. The molecule has 1 atom stereocenters. The van der Waals surface area contributed by atoms with E-state index in [-0.39, 0.29) is 17.5 Å². The van der Waals surface area contributed by atoms with E-state index in [1.54, 1.807) is 31.5 Å². The predicted molar refractivity (Wildman–Crippen MR) is 133 cm³/mol. The Hall–Kier alpha value is -3.22. The van der Waals surface area contributed by atoms with Crippen LogP contribution in [-0.4, -0.2) is 98.6 Å². The third-order valence-corrected chi connectivity index (χ3v) is 7.96. The fraction of sp³-hybridized carbons (Fsp3) is 0.435. The normalized spacial score (nSPS) is 19.0. The summed E-state index contributed by atoms with van der Waals surface area (Å²) >= 11 is 0. The van der Waals surface area contributed by atoms with Gasteiger partial charge in [0.2, 0.25) is 0 Å². The summed E-state index contributed by atoms with van der Waals surface area (Å²) in [4.78, 5) is 19.9. The topological polar surface area (TPSA) is 121 Å². The minimum absolute atomic E-state index is 0.169. The van der Waals surface area contributed by atoms with Gasteiger partial charge in [0.15, 0.2) is 5.65 Å². The van der Waals surface area contributed by atoms with Gasteiger partial charge in [-0.15, -0.1) is 4.09 Å². The van der Waals surface area contributed by atoms with Crippen molar-refractivity contribution in [3.63, 3.8) is 0 Å². The first-order valence-electron chi connectivity index (χ1n) is 11.4. The van der Waals surface area contributed by atoms with Gasteiger partial charge in [-0.25, -0.2) is 4.98 Å². The van der Waals surface area contributed by atoms with E-state index >= 15 is 0 Å². The van der Waals surface area contributed by atoms with Gasteiger partial charge in [-0.05, 0) is 43.8 Å². The number of pyridine rings is 1. The molecule has 2 aliphatic rings. The quantitative estimate of drug-likeness (QED) is 0.512. The highest BCUT2D eigenvalue weighted by Gasteiger charge is 2.26. The lowest BCUT2D eigenvalue weighted by Crippen LogP contribution is -2.44. The first-order valence-corrected chi connectivity index (χ1v) is 12.8. The highest BCUT2D eigenvalue weighted by molar-refractivity contribution is 7.90. The lowest BCUT2D eigenvalue weighted by atomic mass is 10.3. The number of ether oxygens (including phenoxy) is 1. The Bertz CT molecular complexity index is 1270. The number of hydrogen-bond acceptors (Lipinski definition) is 9. The van der Waals surface area contributed by atoms with E-state index in [0.717, 1.165) is 61.3 Å². The molecule has 2 aliphatic heterocycles. The molecule has 0 spiro atoms. The van der Waals surface area contributed by atoms with Crippen molar-refractivity contribution in [3.05, 3.63) is 42.6 Å². The molecule has 0 radical (unpaired) electrons. The molecule has 4 heterocycles. The molecule has 1 N–H and O–H groups in total. The Morgan fingerprint density at radius 2 is 1.83 bits per heavy atom. The van der Waals surface area contributed by atoms with E-state index in [0.29, 0.717) is 11.0 Å². The zero-order chi connectivity index (χ0) is 25.0. The van der Waals surface area contributed by atoms with Gasteiger partial charge in [-0.1, -0.05) is 6.07 Å². The SMILES string of the molecule is COC1CCN(c2cccc(S(=O)(=O)n3ncc4ccc(N5CCN(C)CC5)nc43)c2)C1.O=CO. The van der Waals surface area contributed by atoms with Gasteiger partial charge in [0.25, 0.3) is 16.5 Å². The van der Waals surface area contributed by atoms with Crippen molar-refractivity contribution in [1.82, 2.24) is 19.1 Å². The zero-order valence-corrected chi connectivity index (χ0v) is 20.6. The van der Waals surface area contributed by atoms with Crippen LogP contribution in [0.3, 0.4) is 0 Å². The highest BCUT2D eigenvalue weighted by Crippen LogP contribution is 2.27. The van der Waals surface area contributed by atoms with Crippen LogP contribution in [0, 0.1) is 0 Å². The third-order valence-electron chi connectivity index (χ3n) is 6.39. The molecule has 11 nitrogen and oxygen atoms in total. The molecule has 2 fully saturated rings. The Labute approximate surface area is 204 Å². The number of anilines is 2. The second kappa shape index (κ2) is 10.6. The maximum Gasteiger partial charge on any atom is 0.290 e. The van der Waals surface area contributed by atoms with Gasteiger partial charge in [0.1, 0.15) is 5.82 Å². The molecule has 5 rings (SSSR count). The summed E-state index contributed by atoms with van der Waals surface area (Å²) in [5.41, 5.74) is 1.22. The number of likely N-dealkylation sites (N-methyl/N-ethyl adjacent to an activating group) is 1. The average Bonchev–Trinajstić information content (AvgIpc) is 3.52. The smallest absolute Gasteiger partial charge is 0.290 e. The minimum Gasteiger partial charge on any atom is -0.483 e. The summed E-state index contributed by atoms with van der Waals surface area (Å²) in [6.07, 6.45) is 2.65. The number of fused-ring (bicyclic) bond motifs is 1. The molecule has 188 valence electrons. The Kier molecular flexibility index (Phi) is 7.53. The molecule has 0 aliphatic carbocycles. The average molecular weight is 503 g/mol. The molecule has 1 aromatic carbocycles. The Morgan fingerprint density at radius 1 is 1.09 bits per heavy atom. The number of aromatic nitrogens is 3. The number of methoxy groups -OCH3 is 1. The fourth-order valence-electron chi connectivity index (χ4n) is 4.36. The molecule has 2 saturated heterocycles. The van der Waals surface area contributed by atoms with Gasteiger partial charge < -0.3 is 24.5 Å². The van der Waals surface area contributed by atoms with Crippen molar-refractivity contribution in [3.8, 4) is 0 Å². The highest BCUT2D eigenvalue weighted by atomic mass is 32.2. The van der Waals surface area contributed by atoms with Crippen molar-refractivity contribution in [2.45, 2.75) is 17.4 Å². The van der Waals surface area contributed by atoms with Crippen LogP contribution in [0.5, 0.6) is 0 Å². The summed E-state index contributed by atoms with van der Waals surface area (Å²) in [5.74, 6) is 0.777. The zero-order valence-electron chi connectivity index (χ0n) is 19.8. The fourth-order valence-corrected chi connectivity index (χ4v) is 5.62. The number of nitrogens with zero attached hydrogens (tertiary/aromatic N) is 6. The largest absolute Gasteiger partial charge is 0.483 e. The van der Waals surface area contributed by atoms with E-state index in [2.05, 4.69) is 26.8 Å². The lowest BCUT2D eigenvalue weighted by molar-refractivity contribution is -0.122. The van der Waals surface area contributed by atoms with Gasteiger partial charge in [0.05, 0.1) is 17.2 Å². The van der Waals surface area contributed by atoms with Crippen LogP contribution in [0.2, 0.25) is 0 Å². The first-order chi connectivity index (χ1) is 16.9. The second-order valence-electron chi connectivity index (χ2n) is 8.56. The summed E-state index contributed by atoms with van der Waals surface area (Å²) in [5, 5.41) is 11.8. The van der Waals surface area contributed by atoms with Crippen molar-refractivity contribution >= 4 is 39.0 Å². The molecule has 0 saturated carbocycles. The molecule has 2 aromatic heterocycles. The van der Waals surface area contributed by atoms with Crippen LogP contribution in [0.4, 0.5) is 11.5 Å². The third kappa shape index (κ3) is 5.24. The summed E-state index contributed by atoms with van der Waals surface area (Å²) < 4.78 is 33.6. The molecule has 12 heteroatoms. The Morgan fingerprint density at radius 3 is 2.51 bits per heavy atom. The number of carboxylic acid groups (broad SMARTS) is 1. The van der Waals surface area contributed by atoms with Crippen molar-refractivity contribution in [2.75, 3.05) is 63.2 Å². The second-order valence-corrected chi connectivity index (χ2v) is 10.3. The van der Waals surface area contributed by atoms with E-state index in [9.17, 15) is 8.42 Å². The van der Waals surface area contributed by atoms with Crippen LogP contribution in [0.25, 0.3) is 11.0 Å². The number of benzene rings is 1. The van der Waals surface area contributed by atoms with Crippen LogP contribution >= 0.6 is 0 Å². The van der Waals surface area contributed by atoms with Gasteiger partial charge >= 0.3 is 0 Å². The van der Waals surface area contributed by atoms with E-state index < -0.39 is 10.0 Å². The number of rotatable bonds is 5. The van der Waals surface area contributed by atoms with Crippen LogP contribution in [0.1, 0.15) is 6.42 Å². The van der Waals surface area contributed by atoms with Gasteiger partial charge in [0, 0.05) is 57.5 Å². The van der Waals surface area contributed by atoms with E-state index in [4.69, 9.17) is 19.6 Å². The number of piperazine rings is 1. The maximum absolute atomic E-state index is 13.5. The van der Waals surface area contributed by atoms with Crippen molar-refractivity contribution in [2.24, 2.45) is 0 Å². The van der Waals surface area contributed by atoms with E-state index in [1.165, 1.54) is 0 Å². The number of carbonyl (C=O) groups is 1. The van der Waals surface area contributed by atoms with Crippen molar-refractivity contribution in [1.29, 1.82) is 0 Å². The summed E-state index contributed by atoms with van der Waals surface area (Å²) in [6.45, 7) is 4.95. The summed E-state index contributed by atoms with van der Waals surface area (Å²) in [6, 6.07) is 10.9. The Balaban J connectivity index is 0.000000917. The lowest BCUT2D eigenvalue weighted by Gasteiger charge is -2.33. The molecular weight excluding hydrogens is 472 g/mol. The summed E-state index contributed by atoms with van der Waals surface area (Å²) in [7, 11) is -0.0831. The van der Waals surface area contributed by atoms with Gasteiger partial charge in [-0.3, -0.25) is 4.79 Å². The molecule has 3 aromatic rings. The van der Waals surface area contributed by atoms with Gasteiger partial charge in [-0.2, -0.15) is 13.5 Å². The van der Waals surface area contributed by atoms with E-state index in [1.807, 2.05) is 18.2 Å².